The summed E-state index contributed by atoms with van der Waals surface area (Å²) in [4.78, 5) is 37.5. The fourth-order valence-electron chi connectivity index (χ4n) is 4.47. The van der Waals surface area contributed by atoms with Crippen molar-refractivity contribution in [3.8, 4) is 0 Å². The third-order valence-corrected chi connectivity index (χ3v) is 8.11. The predicted octanol–water partition coefficient (Wildman–Crippen LogP) is 8.57. The van der Waals surface area contributed by atoms with Gasteiger partial charge >= 0.3 is 18.5 Å². The van der Waals surface area contributed by atoms with E-state index in [1.165, 1.54) is 6.07 Å². The molecule has 1 aliphatic rings. The number of hydrogen-bond acceptors (Lipinski definition) is 3. The van der Waals surface area contributed by atoms with Crippen molar-refractivity contribution in [2.75, 3.05) is 10.6 Å². The van der Waals surface area contributed by atoms with Crippen molar-refractivity contribution in [2.45, 2.75) is 35.2 Å². The lowest BCUT2D eigenvalue weighted by Crippen LogP contribution is -2.38. The Balaban J connectivity index is 1.53. The maximum absolute atomic E-state index is 14.9. The molecule has 5 nitrogen and oxygen atoms in total. The quantitative estimate of drug-likeness (QED) is 0.172. The van der Waals surface area contributed by atoms with Crippen LogP contribution in [0, 0.1) is 23.4 Å². The lowest BCUT2D eigenvalue weighted by molar-refractivity contribution is -0.166. The minimum Gasteiger partial charge on any atom is -0.326 e. The second-order valence-electron chi connectivity index (χ2n) is 9.95. The van der Waals surface area contributed by atoms with Crippen molar-refractivity contribution < 1.29 is 58.3 Å². The minimum absolute atomic E-state index is 0.162. The first kappa shape index (κ1) is 35.3. The standard InChI is InChI=1S/C28H15Cl3F10N2O3/c29-16-2-1-13(42-24(46)21-20(26(21,30)31)10-5-11(28(39,40)41)7-12(32)6-10)8-14(16)23(45)43-18-4-3-17(33)15(22(18)34)9-19(44)27(37,38)25(35)36/h1-8,20-21,25H,9H2,(H,42,46)(H,43,45)/t20-,21+/m0/s1. The Morgan fingerprint density at radius 3 is 2.15 bits per heavy atom. The van der Waals surface area contributed by atoms with Crippen LogP contribution in [-0.4, -0.2) is 34.3 Å². The van der Waals surface area contributed by atoms with Gasteiger partial charge in [-0.25, -0.2) is 22.0 Å². The molecule has 2 atom stereocenters. The van der Waals surface area contributed by atoms with Crippen LogP contribution in [0.15, 0.2) is 48.5 Å². The molecule has 246 valence electrons. The number of Topliss-reactive ketones (excluding diaryl/α,β-unsaturated/α-hetero) is 1. The van der Waals surface area contributed by atoms with Gasteiger partial charge in [-0.05, 0) is 54.1 Å². The molecule has 2 N–H and O–H groups in total. The van der Waals surface area contributed by atoms with Crippen LogP contribution in [0.5, 0.6) is 0 Å². The SMILES string of the molecule is O=C(Nc1ccc(F)c(CC(=O)C(F)(F)C(F)F)c1F)c1cc(NC(=O)[C@H]2[C@H](c3cc(F)cc(C(F)(F)F)c3)C2(Cl)Cl)ccc1Cl. The Bertz CT molecular complexity index is 1730. The second-order valence-corrected chi connectivity index (χ2v) is 11.8. The fraction of sp³-hybridized carbons (Fsp3) is 0.250. The molecule has 1 saturated carbocycles. The normalized spacial score (nSPS) is 17.5. The molecule has 3 aromatic carbocycles. The zero-order valence-corrected chi connectivity index (χ0v) is 24.5. The van der Waals surface area contributed by atoms with Crippen molar-refractivity contribution >= 4 is 63.8 Å². The topological polar surface area (TPSA) is 75.3 Å². The van der Waals surface area contributed by atoms with E-state index in [-0.39, 0.29) is 22.3 Å². The Kier molecular flexibility index (Phi) is 9.64. The smallest absolute Gasteiger partial charge is 0.326 e. The molecule has 3 aromatic rings. The molecule has 18 heteroatoms. The molecule has 1 fully saturated rings. The number of carbonyl (C=O) groups excluding carboxylic acids is 3. The van der Waals surface area contributed by atoms with E-state index >= 15 is 0 Å². The molecule has 2 amide bonds. The highest BCUT2D eigenvalue weighted by Gasteiger charge is 2.68. The Morgan fingerprint density at radius 2 is 1.54 bits per heavy atom. The molecular formula is C28H15Cl3F10N2O3. The first-order valence-electron chi connectivity index (χ1n) is 12.5. The van der Waals surface area contributed by atoms with Crippen LogP contribution in [0.3, 0.4) is 0 Å². The summed E-state index contributed by atoms with van der Waals surface area (Å²) >= 11 is 18.3. The summed E-state index contributed by atoms with van der Waals surface area (Å²) in [5.41, 5.74) is -4.46. The monoisotopic (exact) mass is 722 g/mol. The molecule has 0 spiro atoms. The van der Waals surface area contributed by atoms with Crippen LogP contribution < -0.4 is 10.6 Å². The highest BCUT2D eigenvalue weighted by Crippen LogP contribution is 2.65. The van der Waals surface area contributed by atoms with Gasteiger partial charge in [0.05, 0.1) is 27.8 Å². The van der Waals surface area contributed by atoms with Crippen LogP contribution in [0.25, 0.3) is 0 Å². The van der Waals surface area contributed by atoms with Gasteiger partial charge < -0.3 is 10.6 Å². The number of rotatable bonds is 9. The second kappa shape index (κ2) is 12.6. The van der Waals surface area contributed by atoms with Crippen LogP contribution >= 0.6 is 34.8 Å². The van der Waals surface area contributed by atoms with Crippen molar-refractivity contribution in [1.82, 2.24) is 0 Å². The van der Waals surface area contributed by atoms with Crippen LogP contribution in [0.1, 0.15) is 33.0 Å². The highest BCUT2D eigenvalue weighted by molar-refractivity contribution is 6.53. The van der Waals surface area contributed by atoms with Crippen molar-refractivity contribution in [2.24, 2.45) is 5.92 Å². The predicted molar refractivity (Wildman–Crippen MR) is 146 cm³/mol. The molecule has 0 aliphatic heterocycles. The third-order valence-electron chi connectivity index (χ3n) is 6.84. The van der Waals surface area contributed by atoms with Crippen LogP contribution in [0.2, 0.25) is 5.02 Å². The van der Waals surface area contributed by atoms with Gasteiger partial charge in [0, 0.05) is 23.6 Å². The minimum atomic E-state index is -5.20. The average Bonchev–Trinajstić information content (AvgIpc) is 3.54. The number of alkyl halides is 9. The number of ketones is 1. The Labute approximate surface area is 266 Å². The third kappa shape index (κ3) is 7.05. The van der Waals surface area contributed by atoms with E-state index in [1.807, 2.05) is 5.32 Å². The molecule has 0 bridgehead atoms. The van der Waals surface area contributed by atoms with E-state index in [4.69, 9.17) is 34.8 Å². The van der Waals surface area contributed by atoms with Crippen LogP contribution in [0.4, 0.5) is 55.3 Å². The van der Waals surface area contributed by atoms with E-state index in [2.05, 4.69) is 5.32 Å². The summed E-state index contributed by atoms with van der Waals surface area (Å²) in [5, 5.41) is 3.98. The molecule has 4 rings (SSSR count). The number of halogens is 13. The summed E-state index contributed by atoms with van der Waals surface area (Å²) in [5.74, 6) is -17.0. The van der Waals surface area contributed by atoms with Gasteiger partial charge in [-0.2, -0.15) is 22.0 Å². The van der Waals surface area contributed by atoms with E-state index in [0.717, 1.165) is 18.2 Å². The number of carbonyl (C=O) groups is 3. The summed E-state index contributed by atoms with van der Waals surface area (Å²) in [6, 6.07) is 5.91. The molecule has 0 radical (unpaired) electrons. The number of anilines is 2. The van der Waals surface area contributed by atoms with Gasteiger partial charge in [0.2, 0.25) is 11.7 Å². The zero-order chi connectivity index (χ0) is 34.5. The first-order chi connectivity index (χ1) is 21.2. The van der Waals surface area contributed by atoms with E-state index in [9.17, 15) is 58.3 Å². The van der Waals surface area contributed by atoms with Gasteiger partial charge in [-0.15, -0.1) is 23.2 Å². The maximum Gasteiger partial charge on any atom is 0.416 e. The Morgan fingerprint density at radius 1 is 0.891 bits per heavy atom. The van der Waals surface area contributed by atoms with Gasteiger partial charge in [-0.1, -0.05) is 11.6 Å². The van der Waals surface area contributed by atoms with E-state index in [0.29, 0.717) is 18.2 Å². The summed E-state index contributed by atoms with van der Waals surface area (Å²) in [7, 11) is 0. The molecule has 0 unspecified atom stereocenters. The van der Waals surface area contributed by atoms with E-state index in [1.54, 1.807) is 0 Å². The molecule has 0 heterocycles. The zero-order valence-electron chi connectivity index (χ0n) is 22.2. The van der Waals surface area contributed by atoms with Gasteiger partial charge in [0.15, 0.2) is 5.82 Å². The van der Waals surface area contributed by atoms with Crippen molar-refractivity contribution in [3.63, 3.8) is 0 Å². The number of hydrogen-bond donors (Lipinski definition) is 2. The fourth-order valence-corrected chi connectivity index (χ4v) is 5.50. The molecule has 0 saturated heterocycles. The van der Waals surface area contributed by atoms with Crippen LogP contribution in [-0.2, 0) is 22.2 Å². The summed E-state index contributed by atoms with van der Waals surface area (Å²) < 4.78 is 132. The van der Waals surface area contributed by atoms with Gasteiger partial charge in [0.1, 0.15) is 16.0 Å². The molecule has 46 heavy (non-hydrogen) atoms. The molecule has 0 aromatic heterocycles. The lowest BCUT2D eigenvalue weighted by atomic mass is 10.0. The van der Waals surface area contributed by atoms with Crippen molar-refractivity contribution in [3.05, 3.63) is 93.3 Å². The largest absolute Gasteiger partial charge is 0.416 e. The molecular weight excluding hydrogens is 709 g/mol. The average molecular weight is 724 g/mol. The summed E-state index contributed by atoms with van der Waals surface area (Å²) in [6.45, 7) is 0. The summed E-state index contributed by atoms with van der Waals surface area (Å²) in [6.07, 6.45) is -11.1. The first-order valence-corrected chi connectivity index (χ1v) is 13.6. The van der Waals surface area contributed by atoms with Crippen molar-refractivity contribution in [1.29, 1.82) is 0 Å². The number of nitrogens with one attached hydrogen (secondary N) is 2. The number of amides is 2. The molecule has 1 aliphatic carbocycles. The maximum atomic E-state index is 14.9. The van der Waals surface area contributed by atoms with E-state index < -0.39 is 98.5 Å². The Hall–Kier alpha value is -3.56. The van der Waals surface area contributed by atoms with Gasteiger partial charge in [-0.3, -0.25) is 14.4 Å². The lowest BCUT2D eigenvalue weighted by Gasteiger charge is -2.15. The number of benzene rings is 3. The van der Waals surface area contributed by atoms with Gasteiger partial charge in [0.25, 0.3) is 5.91 Å². The highest BCUT2D eigenvalue weighted by atomic mass is 35.5.